The Bertz CT molecular complexity index is 2410. The summed E-state index contributed by atoms with van der Waals surface area (Å²) in [4.78, 5) is 53.1. The summed E-state index contributed by atoms with van der Waals surface area (Å²) in [6.45, 7) is 10.5. The van der Waals surface area contributed by atoms with Crippen LogP contribution in [0.2, 0.25) is 0 Å². The number of halogens is 2. The maximum absolute atomic E-state index is 15.0. The number of piperazine rings is 1. The first kappa shape index (κ1) is 45.6. The van der Waals surface area contributed by atoms with E-state index in [1.54, 1.807) is 31.8 Å². The van der Waals surface area contributed by atoms with Gasteiger partial charge in [-0.3, -0.25) is 9.32 Å². The van der Waals surface area contributed by atoms with E-state index in [9.17, 15) is 18.5 Å². The van der Waals surface area contributed by atoms with Crippen LogP contribution < -0.4 is 20.2 Å². The van der Waals surface area contributed by atoms with Gasteiger partial charge in [0, 0.05) is 55.1 Å². The second-order valence-electron chi connectivity index (χ2n) is 16.3. The van der Waals surface area contributed by atoms with E-state index in [-0.39, 0.29) is 30.3 Å². The van der Waals surface area contributed by atoms with E-state index in [2.05, 4.69) is 29.5 Å². The molecule has 2 N–H and O–H groups in total. The molecule has 0 radical (unpaired) electrons. The van der Waals surface area contributed by atoms with Crippen molar-refractivity contribution in [3.63, 3.8) is 0 Å². The number of phosphoric acid groups is 1. The fourth-order valence-corrected chi connectivity index (χ4v) is 8.62. The maximum Gasteiger partial charge on any atom is 0.469 e. The van der Waals surface area contributed by atoms with Crippen LogP contribution in [0.25, 0.3) is 5.69 Å². The Kier molecular flexibility index (Phi) is 14.1. The fourth-order valence-electron chi connectivity index (χ4n) is 8.19. The molecule has 2 aliphatic rings. The van der Waals surface area contributed by atoms with Crippen molar-refractivity contribution in [3.8, 4) is 11.4 Å². The zero-order valence-corrected chi connectivity index (χ0v) is 36.5. The lowest BCUT2D eigenvalue weighted by molar-refractivity contribution is -0.157. The van der Waals surface area contributed by atoms with E-state index in [4.69, 9.17) is 24.0 Å². The number of ether oxygens (including phenoxy) is 3. The topological polar surface area (TPSA) is 189 Å². The summed E-state index contributed by atoms with van der Waals surface area (Å²) < 4.78 is 66.9. The maximum atomic E-state index is 15.0. The van der Waals surface area contributed by atoms with Gasteiger partial charge >= 0.3 is 19.5 Å². The van der Waals surface area contributed by atoms with Crippen molar-refractivity contribution in [2.75, 3.05) is 55.8 Å². The van der Waals surface area contributed by atoms with Crippen molar-refractivity contribution in [2.45, 2.75) is 64.8 Å². The third-order valence-corrected chi connectivity index (χ3v) is 12.5. The molecule has 2 aliphatic heterocycles. The third-order valence-electron chi connectivity index (χ3n) is 12.0. The first-order valence-corrected chi connectivity index (χ1v) is 22.5. The van der Waals surface area contributed by atoms with Crippen LogP contribution in [0, 0.1) is 29.4 Å². The summed E-state index contributed by atoms with van der Waals surface area (Å²) >= 11 is 0. The molecule has 0 bridgehead atoms. The lowest BCUT2D eigenvalue weighted by atomic mass is 9.87. The lowest BCUT2D eigenvalue weighted by Gasteiger charge is -2.37. The van der Waals surface area contributed by atoms with Crippen LogP contribution in [-0.2, 0) is 35.5 Å². The van der Waals surface area contributed by atoms with E-state index >= 15 is 4.39 Å². The predicted molar refractivity (Wildman–Crippen MR) is 228 cm³/mol. The number of aromatic nitrogens is 6. The first-order valence-electron chi connectivity index (χ1n) is 20.9. The summed E-state index contributed by atoms with van der Waals surface area (Å²) in [7, 11) is -4.67. The van der Waals surface area contributed by atoms with Crippen LogP contribution >= 0.6 is 7.82 Å². The Morgan fingerprint density at radius 3 is 2.19 bits per heavy atom. The number of carbonyl (C=O) groups is 1. The molecule has 0 spiro atoms. The predicted octanol–water partition coefficient (Wildman–Crippen LogP) is 5.51. The van der Waals surface area contributed by atoms with Crippen molar-refractivity contribution >= 4 is 25.2 Å². The highest BCUT2D eigenvalue weighted by atomic mass is 31.2. The van der Waals surface area contributed by atoms with Gasteiger partial charge in [0.25, 0.3) is 0 Å². The largest absolute Gasteiger partial charge is 0.493 e. The molecule has 2 aromatic heterocycles. The van der Waals surface area contributed by atoms with Gasteiger partial charge in [-0.05, 0) is 80.3 Å². The highest BCUT2D eigenvalue weighted by molar-refractivity contribution is 7.46. The Hall–Kier alpha value is -5.46. The second-order valence-corrected chi connectivity index (χ2v) is 17.5. The second kappa shape index (κ2) is 19.5. The zero-order chi connectivity index (χ0) is 44.9. The minimum atomic E-state index is -4.67. The van der Waals surface area contributed by atoms with Gasteiger partial charge in [-0.25, -0.2) is 37.1 Å². The molecule has 17 nitrogen and oxygen atoms in total. The molecule has 338 valence electrons. The number of nitrogens with zero attached hydrogens (tertiary/aromatic N) is 8. The lowest BCUT2D eigenvalue weighted by Crippen LogP contribution is -2.46. The van der Waals surface area contributed by atoms with Crippen LogP contribution in [0.15, 0.2) is 90.5 Å². The van der Waals surface area contributed by atoms with Crippen LogP contribution in [-0.4, -0.2) is 97.0 Å². The van der Waals surface area contributed by atoms with Gasteiger partial charge in [0.2, 0.25) is 0 Å². The van der Waals surface area contributed by atoms with Gasteiger partial charge in [0.05, 0.1) is 44.0 Å². The van der Waals surface area contributed by atoms with Gasteiger partial charge < -0.3 is 33.8 Å². The van der Waals surface area contributed by atoms with Gasteiger partial charge in [-0.2, -0.15) is 10.2 Å². The van der Waals surface area contributed by atoms with Crippen LogP contribution in [0.3, 0.4) is 0 Å². The number of hydrogen-bond donors (Lipinski definition) is 2. The first-order chi connectivity index (χ1) is 30.1. The minimum absolute atomic E-state index is 0.0419. The molecule has 2 saturated heterocycles. The Morgan fingerprint density at radius 2 is 1.59 bits per heavy atom. The Balaban J connectivity index is 0.894. The van der Waals surface area contributed by atoms with Gasteiger partial charge in [0.1, 0.15) is 48.1 Å². The molecule has 2 unspecified atom stereocenters. The summed E-state index contributed by atoms with van der Waals surface area (Å²) in [5.74, 6) is -2.46. The number of esters is 1. The number of carbonyl (C=O) groups excluding carboxylic acids is 1. The average molecular weight is 895 g/mol. The number of rotatable bonds is 18. The third kappa shape index (κ3) is 10.8. The van der Waals surface area contributed by atoms with Crippen molar-refractivity contribution in [1.29, 1.82) is 0 Å². The normalized spacial score (nSPS) is 20.0. The molecule has 2 fully saturated rings. The average Bonchev–Trinajstić information content (AvgIpc) is 4.03. The number of phosphoric ester groups is 1. The molecular formula is C43H53F2N8O9P. The van der Waals surface area contributed by atoms with Crippen LogP contribution in [0.4, 0.5) is 20.2 Å². The molecule has 6 atom stereocenters. The molecule has 4 heterocycles. The van der Waals surface area contributed by atoms with Crippen molar-refractivity contribution < 1.29 is 46.7 Å². The number of hydrogen-bond acceptors (Lipinski definition) is 12. The number of benzene rings is 3. The molecule has 20 heteroatoms. The van der Waals surface area contributed by atoms with E-state index in [0.29, 0.717) is 37.5 Å². The molecule has 0 amide bonds. The molecule has 5 aromatic rings. The quantitative estimate of drug-likeness (QED) is 0.0829. The van der Waals surface area contributed by atoms with Gasteiger partial charge in [0.15, 0.2) is 0 Å². The van der Waals surface area contributed by atoms with Crippen molar-refractivity contribution in [2.24, 2.45) is 17.8 Å². The molecule has 7 rings (SSSR count). The minimum Gasteiger partial charge on any atom is -0.493 e. The molecule has 3 aromatic carbocycles. The van der Waals surface area contributed by atoms with E-state index in [0.717, 1.165) is 43.6 Å². The Morgan fingerprint density at radius 1 is 0.937 bits per heavy atom. The SMILES string of the molecule is CC[C@@H]([C@H](C)OC(=O)C(C)C(C)COP(=O)(O)O)n1ncn(-c2ccc(N3CCN(c4ccc(OC[C@@H]5CO[C@@](Cn6cncn6)(c6ccc(F)cc6F)C5)cc4)CC3)cc2)c1=O. The molecular weight excluding hydrogens is 841 g/mol. The summed E-state index contributed by atoms with van der Waals surface area (Å²) in [5.41, 5.74) is 1.58. The van der Waals surface area contributed by atoms with Crippen molar-refractivity contribution in [1.82, 2.24) is 29.1 Å². The van der Waals surface area contributed by atoms with Crippen molar-refractivity contribution in [3.05, 3.63) is 113 Å². The summed E-state index contributed by atoms with van der Waals surface area (Å²) in [5, 5.41) is 8.54. The Labute approximate surface area is 363 Å². The summed E-state index contributed by atoms with van der Waals surface area (Å²) in [6, 6.07) is 18.6. The van der Waals surface area contributed by atoms with E-state index in [1.165, 1.54) is 34.0 Å². The fraction of sp³-hybridized carbons (Fsp3) is 0.465. The highest BCUT2D eigenvalue weighted by Gasteiger charge is 2.45. The highest BCUT2D eigenvalue weighted by Crippen LogP contribution is 2.42. The van der Waals surface area contributed by atoms with Gasteiger partial charge in [-0.1, -0.05) is 26.8 Å². The standard InChI is InChI=1S/C43H53F2N8O9P/c1-5-40(31(4)62-41(54)30(3)29(2)22-61-63(56,57)58)53-42(55)52(28-48-53)36-9-7-34(8-10-36)49-16-18-50(19-17-49)35-11-13-37(14-12-35)59-23-32-21-43(60-24-32,25-51-27-46-26-47-51)38-15-6-33(44)20-39(38)45/h6-15,20,26-32,40H,5,16-19,21-25H2,1-4H3,(H2,56,57,58)/t29?,30?,31-,32+,40-,43-/m0/s1. The molecule has 0 saturated carbocycles. The van der Waals surface area contributed by atoms with Gasteiger partial charge in [-0.15, -0.1) is 0 Å². The van der Waals surface area contributed by atoms with E-state index < -0.39 is 55.0 Å². The molecule has 63 heavy (non-hydrogen) atoms. The molecule has 0 aliphatic carbocycles. The zero-order valence-electron chi connectivity index (χ0n) is 35.6. The van der Waals surface area contributed by atoms with Crippen LogP contribution in [0.5, 0.6) is 5.75 Å². The van der Waals surface area contributed by atoms with E-state index in [1.807, 2.05) is 55.5 Å². The smallest absolute Gasteiger partial charge is 0.469 e. The van der Waals surface area contributed by atoms with Crippen LogP contribution in [0.1, 0.15) is 52.1 Å². The monoisotopic (exact) mass is 894 g/mol. The summed E-state index contributed by atoms with van der Waals surface area (Å²) in [6.07, 6.45) is 4.59. The number of anilines is 2.